The van der Waals surface area contributed by atoms with Crippen molar-refractivity contribution < 1.29 is 19.7 Å². The van der Waals surface area contributed by atoms with Gasteiger partial charge < -0.3 is 19.9 Å². The number of carbonyl (C=O) groups is 1. The number of fused-ring (bicyclic) bond motifs is 5. The van der Waals surface area contributed by atoms with Crippen molar-refractivity contribution in [1.82, 2.24) is 4.98 Å². The average molecular weight is 399 g/mol. The molecule has 5 heteroatoms. The van der Waals surface area contributed by atoms with Crippen LogP contribution in [0.5, 0.6) is 11.5 Å². The van der Waals surface area contributed by atoms with Crippen LogP contribution < -0.4 is 4.74 Å². The topological polar surface area (TPSA) is 82.5 Å². The number of carboxylic acid groups (broad SMARTS) is 1. The Morgan fingerprint density at radius 2 is 1.87 bits per heavy atom. The number of benzene rings is 3. The van der Waals surface area contributed by atoms with Crippen molar-refractivity contribution >= 4 is 16.9 Å². The predicted molar refractivity (Wildman–Crippen MR) is 116 cm³/mol. The molecule has 3 N–H and O–H groups in total. The van der Waals surface area contributed by atoms with Crippen LogP contribution in [0.2, 0.25) is 0 Å². The summed E-state index contributed by atoms with van der Waals surface area (Å²) in [7, 11) is 1.67. The summed E-state index contributed by atoms with van der Waals surface area (Å²) in [5, 5.41) is 20.6. The lowest BCUT2D eigenvalue weighted by atomic mass is 9.87. The SMILES string of the molecule is COc1cc(C)cc(-c2ccc3c4c([nH]c3c2)-c2cc(O)c(C(=O)O)cc2CC4)c1. The number of H-pyrrole nitrogens is 1. The Labute approximate surface area is 173 Å². The van der Waals surface area contributed by atoms with Crippen molar-refractivity contribution in [3.8, 4) is 33.9 Å². The lowest BCUT2D eigenvalue weighted by molar-refractivity contribution is 0.0693. The normalized spacial score (nSPS) is 12.5. The molecule has 1 aliphatic carbocycles. The third-order valence-electron chi connectivity index (χ3n) is 5.89. The van der Waals surface area contributed by atoms with Crippen LogP contribution in [0.15, 0.2) is 48.5 Å². The van der Waals surface area contributed by atoms with Gasteiger partial charge in [0.05, 0.1) is 12.8 Å². The van der Waals surface area contributed by atoms with Gasteiger partial charge in [-0.1, -0.05) is 18.2 Å². The minimum Gasteiger partial charge on any atom is -0.507 e. The van der Waals surface area contributed by atoms with E-state index >= 15 is 0 Å². The van der Waals surface area contributed by atoms with Crippen LogP contribution in [0.1, 0.15) is 27.0 Å². The molecule has 5 nitrogen and oxygen atoms in total. The van der Waals surface area contributed by atoms with Crippen molar-refractivity contribution in [2.75, 3.05) is 7.11 Å². The summed E-state index contributed by atoms with van der Waals surface area (Å²) in [6, 6.07) is 15.7. The Hall–Kier alpha value is -3.73. The highest BCUT2D eigenvalue weighted by molar-refractivity contribution is 5.97. The fourth-order valence-electron chi connectivity index (χ4n) is 4.46. The summed E-state index contributed by atoms with van der Waals surface area (Å²) >= 11 is 0. The van der Waals surface area contributed by atoms with Crippen LogP contribution in [0, 0.1) is 6.92 Å². The molecule has 0 fully saturated rings. The number of phenols is 1. The Balaban J connectivity index is 1.65. The fraction of sp³-hybridized carbons (Fsp3) is 0.160. The van der Waals surface area contributed by atoms with E-state index in [1.54, 1.807) is 19.2 Å². The Morgan fingerprint density at radius 3 is 2.63 bits per heavy atom. The second-order valence-corrected chi connectivity index (χ2v) is 7.81. The molecule has 1 aliphatic rings. The van der Waals surface area contributed by atoms with Gasteiger partial charge in [-0.2, -0.15) is 0 Å². The molecule has 3 aromatic carbocycles. The summed E-state index contributed by atoms with van der Waals surface area (Å²) in [6.07, 6.45) is 1.57. The molecule has 150 valence electrons. The Kier molecular flexibility index (Phi) is 4.07. The average Bonchev–Trinajstić information content (AvgIpc) is 3.11. The third kappa shape index (κ3) is 2.82. The van der Waals surface area contributed by atoms with Crippen LogP contribution >= 0.6 is 0 Å². The first kappa shape index (κ1) is 18.3. The minimum atomic E-state index is -1.11. The molecule has 0 saturated heterocycles. The molecule has 1 aromatic heterocycles. The number of hydrogen-bond acceptors (Lipinski definition) is 3. The fourth-order valence-corrected chi connectivity index (χ4v) is 4.46. The number of nitrogens with one attached hydrogen (secondary N) is 1. The van der Waals surface area contributed by atoms with E-state index in [0.717, 1.165) is 63.0 Å². The van der Waals surface area contributed by atoms with E-state index in [4.69, 9.17) is 4.74 Å². The highest BCUT2D eigenvalue weighted by Gasteiger charge is 2.24. The number of carboxylic acids is 1. The van der Waals surface area contributed by atoms with E-state index in [1.165, 1.54) is 5.56 Å². The van der Waals surface area contributed by atoms with Gasteiger partial charge in [0, 0.05) is 16.5 Å². The standard InChI is InChI=1S/C25H21NO4/c1-13-7-16(9-17(8-13)30-2)14-3-5-18-19-6-4-15-10-21(25(28)29)23(27)12-20(15)24(19)26-22(18)11-14/h3,5,7-12,26-27H,4,6H2,1-2H3,(H,28,29). The molecule has 0 saturated carbocycles. The molecular formula is C25H21NO4. The minimum absolute atomic E-state index is 0.0519. The lowest BCUT2D eigenvalue weighted by Crippen LogP contribution is -2.06. The number of aromatic hydroxyl groups is 1. The van der Waals surface area contributed by atoms with Gasteiger partial charge in [0.25, 0.3) is 0 Å². The van der Waals surface area contributed by atoms with Gasteiger partial charge in [0.15, 0.2) is 0 Å². The number of aryl methyl sites for hydroxylation is 3. The van der Waals surface area contributed by atoms with Crippen molar-refractivity contribution in [3.05, 3.63) is 70.8 Å². The van der Waals surface area contributed by atoms with Gasteiger partial charge in [-0.15, -0.1) is 0 Å². The van der Waals surface area contributed by atoms with Crippen molar-refractivity contribution in [3.63, 3.8) is 0 Å². The van der Waals surface area contributed by atoms with Gasteiger partial charge in [0.2, 0.25) is 0 Å². The maximum absolute atomic E-state index is 11.4. The van der Waals surface area contributed by atoms with Crippen LogP contribution in [-0.4, -0.2) is 28.3 Å². The smallest absolute Gasteiger partial charge is 0.339 e. The summed E-state index contributed by atoms with van der Waals surface area (Å²) in [5.74, 6) is -0.495. The number of aromatic nitrogens is 1. The maximum atomic E-state index is 11.4. The molecule has 0 unspecified atom stereocenters. The largest absolute Gasteiger partial charge is 0.507 e. The highest BCUT2D eigenvalue weighted by atomic mass is 16.5. The zero-order valence-corrected chi connectivity index (χ0v) is 16.7. The summed E-state index contributed by atoms with van der Waals surface area (Å²) < 4.78 is 5.41. The van der Waals surface area contributed by atoms with E-state index < -0.39 is 5.97 Å². The first-order valence-electron chi connectivity index (χ1n) is 9.85. The van der Waals surface area contributed by atoms with Crippen LogP contribution in [0.3, 0.4) is 0 Å². The number of hydrogen-bond donors (Lipinski definition) is 3. The van der Waals surface area contributed by atoms with E-state index in [9.17, 15) is 15.0 Å². The van der Waals surface area contributed by atoms with Crippen molar-refractivity contribution in [2.24, 2.45) is 0 Å². The Bertz CT molecular complexity index is 1330. The molecule has 0 spiro atoms. The number of aromatic amines is 1. The molecule has 0 aliphatic heterocycles. The molecule has 4 aromatic rings. The molecule has 30 heavy (non-hydrogen) atoms. The number of aromatic carboxylic acids is 1. The first-order valence-corrected chi connectivity index (χ1v) is 9.85. The van der Waals surface area contributed by atoms with E-state index in [-0.39, 0.29) is 11.3 Å². The number of methoxy groups -OCH3 is 1. The maximum Gasteiger partial charge on any atom is 0.339 e. The van der Waals surface area contributed by atoms with E-state index in [0.29, 0.717) is 0 Å². The van der Waals surface area contributed by atoms with E-state index in [1.807, 2.05) is 19.1 Å². The van der Waals surface area contributed by atoms with Crippen molar-refractivity contribution in [2.45, 2.75) is 19.8 Å². The predicted octanol–water partition coefficient (Wildman–Crippen LogP) is 5.32. The molecule has 0 atom stereocenters. The second-order valence-electron chi connectivity index (χ2n) is 7.81. The summed E-state index contributed by atoms with van der Waals surface area (Å²) in [5.41, 5.74) is 8.25. The van der Waals surface area contributed by atoms with Gasteiger partial charge in [-0.25, -0.2) is 4.79 Å². The van der Waals surface area contributed by atoms with Gasteiger partial charge in [-0.3, -0.25) is 0 Å². The first-order chi connectivity index (χ1) is 14.4. The molecule has 1 heterocycles. The molecule has 5 rings (SSSR count). The van der Waals surface area contributed by atoms with Gasteiger partial charge >= 0.3 is 5.97 Å². The highest BCUT2D eigenvalue weighted by Crippen LogP contribution is 2.41. The zero-order valence-electron chi connectivity index (χ0n) is 16.7. The van der Waals surface area contributed by atoms with Crippen LogP contribution in [-0.2, 0) is 12.8 Å². The molecule has 0 amide bonds. The van der Waals surface area contributed by atoms with Crippen LogP contribution in [0.25, 0.3) is 33.3 Å². The summed E-state index contributed by atoms with van der Waals surface area (Å²) in [6.45, 7) is 2.05. The summed E-state index contributed by atoms with van der Waals surface area (Å²) in [4.78, 5) is 14.9. The van der Waals surface area contributed by atoms with Gasteiger partial charge in [-0.05, 0) is 77.9 Å². The number of rotatable bonds is 3. The van der Waals surface area contributed by atoms with E-state index in [2.05, 4.69) is 29.2 Å². The molecular weight excluding hydrogens is 378 g/mol. The molecule has 0 radical (unpaired) electrons. The monoisotopic (exact) mass is 399 g/mol. The molecule has 0 bridgehead atoms. The lowest BCUT2D eigenvalue weighted by Gasteiger charge is -2.18. The zero-order chi connectivity index (χ0) is 21.0. The van der Waals surface area contributed by atoms with Crippen molar-refractivity contribution in [1.29, 1.82) is 0 Å². The van der Waals surface area contributed by atoms with Gasteiger partial charge in [0.1, 0.15) is 17.1 Å². The third-order valence-corrected chi connectivity index (χ3v) is 5.89. The van der Waals surface area contributed by atoms with Crippen LogP contribution in [0.4, 0.5) is 0 Å². The quantitative estimate of drug-likeness (QED) is 0.435. The Morgan fingerprint density at radius 1 is 1.03 bits per heavy atom. The second kappa shape index (κ2) is 6.66. The number of ether oxygens (including phenoxy) is 1.